The number of nitrogens with zero attached hydrogens (tertiary/aromatic N) is 3. The van der Waals surface area contributed by atoms with Gasteiger partial charge in [-0.15, -0.1) is 0 Å². The van der Waals surface area contributed by atoms with E-state index >= 15 is 0 Å². The molecule has 3 heterocycles. The lowest BCUT2D eigenvalue weighted by molar-refractivity contribution is 0.484. The maximum Gasteiger partial charge on any atom is 0.264 e. The highest BCUT2D eigenvalue weighted by atomic mass is 32.2. The normalized spacial score (nSPS) is 10.9. The number of aryl methyl sites for hydroxylation is 1. The molecule has 10 heteroatoms. The average Bonchev–Trinajstić information content (AvgIpc) is 3.12. The van der Waals surface area contributed by atoms with Gasteiger partial charge in [-0.05, 0) is 25.1 Å². The van der Waals surface area contributed by atoms with Crippen molar-refractivity contribution in [2.45, 2.75) is 6.92 Å². The van der Waals surface area contributed by atoms with Crippen molar-refractivity contribution in [3.8, 4) is 22.6 Å². The molecule has 0 amide bonds. The molecule has 0 atom stereocenters. The largest absolute Gasteiger partial charge is 0.463 e. The fourth-order valence-corrected chi connectivity index (χ4v) is 1.96. The van der Waals surface area contributed by atoms with E-state index in [-0.39, 0.29) is 17.3 Å². The molecule has 0 aliphatic heterocycles. The van der Waals surface area contributed by atoms with Crippen LogP contribution in [0.4, 0.5) is 5.95 Å². The molecule has 9 nitrogen and oxygen atoms in total. The summed E-state index contributed by atoms with van der Waals surface area (Å²) in [7, 11) is -1.97. The Kier molecular flexibility index (Phi) is 5.90. The fraction of sp³-hybridized carbons (Fsp3) is 0.188. The van der Waals surface area contributed by atoms with E-state index in [9.17, 15) is 13.2 Å². The number of nitrogen functional groups attached to an aromatic ring is 1. The van der Waals surface area contributed by atoms with Crippen LogP contribution in [0.25, 0.3) is 22.6 Å². The second kappa shape index (κ2) is 7.93. The van der Waals surface area contributed by atoms with E-state index in [2.05, 4.69) is 9.97 Å². The second-order valence-corrected chi connectivity index (χ2v) is 6.95. The van der Waals surface area contributed by atoms with E-state index in [1.165, 1.54) is 17.6 Å². The fourth-order valence-electron chi connectivity index (χ4n) is 1.96. The van der Waals surface area contributed by atoms with Crippen molar-refractivity contribution in [2.75, 3.05) is 11.5 Å². The van der Waals surface area contributed by atoms with Gasteiger partial charge < -0.3 is 14.7 Å². The predicted molar refractivity (Wildman–Crippen MR) is 96.9 cm³/mol. The molecule has 3 rings (SSSR count). The van der Waals surface area contributed by atoms with Crippen molar-refractivity contribution in [3.63, 3.8) is 0 Å². The molecule has 26 heavy (non-hydrogen) atoms. The van der Waals surface area contributed by atoms with Gasteiger partial charge in [0.1, 0.15) is 5.69 Å². The van der Waals surface area contributed by atoms with Crippen LogP contribution in [0.5, 0.6) is 0 Å². The zero-order valence-electron chi connectivity index (χ0n) is 14.2. The van der Waals surface area contributed by atoms with Crippen LogP contribution in [-0.2, 0) is 17.2 Å². The number of furan rings is 1. The zero-order chi connectivity index (χ0) is 19.3. The van der Waals surface area contributed by atoms with Gasteiger partial charge in [-0.1, -0.05) is 0 Å². The molecule has 3 N–H and O–H groups in total. The topological polar surface area (TPSA) is 141 Å². The van der Waals surface area contributed by atoms with Gasteiger partial charge in [0.15, 0.2) is 5.76 Å². The molecule has 0 radical (unpaired) electrons. The highest BCUT2D eigenvalue weighted by molar-refractivity contribution is 7.85. The van der Waals surface area contributed by atoms with E-state index in [0.29, 0.717) is 11.5 Å². The lowest BCUT2D eigenvalue weighted by Crippen LogP contribution is -2.14. The maximum atomic E-state index is 11.5. The molecule has 0 fully saturated rings. The number of rotatable bonds is 3. The van der Waals surface area contributed by atoms with Crippen molar-refractivity contribution in [1.29, 1.82) is 0 Å². The molecule has 138 valence electrons. The van der Waals surface area contributed by atoms with Crippen LogP contribution < -0.4 is 11.3 Å². The first-order valence-corrected chi connectivity index (χ1v) is 9.10. The molecule has 0 aliphatic carbocycles. The minimum Gasteiger partial charge on any atom is -0.463 e. The van der Waals surface area contributed by atoms with E-state index < -0.39 is 10.1 Å². The summed E-state index contributed by atoms with van der Waals surface area (Å²) < 4.78 is 33.8. The van der Waals surface area contributed by atoms with Crippen LogP contribution in [0.2, 0.25) is 0 Å². The summed E-state index contributed by atoms with van der Waals surface area (Å²) in [5, 5.41) is 0. The summed E-state index contributed by atoms with van der Waals surface area (Å²) in [4.78, 5) is 19.7. The third-order valence-corrected chi connectivity index (χ3v) is 4.05. The first kappa shape index (κ1) is 19.3. The third kappa shape index (κ3) is 5.01. The van der Waals surface area contributed by atoms with Gasteiger partial charge >= 0.3 is 0 Å². The molecule has 3 aromatic heterocycles. The third-order valence-electron chi connectivity index (χ3n) is 3.32. The number of pyridine rings is 1. The Morgan fingerprint density at radius 1 is 1.31 bits per heavy atom. The first-order chi connectivity index (χ1) is 12.2. The van der Waals surface area contributed by atoms with Crippen LogP contribution in [0.1, 0.15) is 6.92 Å². The van der Waals surface area contributed by atoms with E-state index in [0.717, 1.165) is 11.1 Å². The van der Waals surface area contributed by atoms with Crippen molar-refractivity contribution >= 4 is 16.1 Å². The van der Waals surface area contributed by atoms with Gasteiger partial charge in [-0.25, -0.2) is 9.97 Å². The smallest absolute Gasteiger partial charge is 0.264 e. The summed E-state index contributed by atoms with van der Waals surface area (Å²) in [5.74, 6) is 0.570. The molecule has 0 bridgehead atoms. The lowest BCUT2D eigenvalue weighted by atomic mass is 10.1. The molecule has 0 unspecified atom stereocenters. The van der Waals surface area contributed by atoms with Crippen LogP contribution in [0.15, 0.2) is 52.1 Å². The van der Waals surface area contributed by atoms with Gasteiger partial charge in [-0.2, -0.15) is 8.42 Å². The molecule has 0 aliphatic rings. The Balaban J connectivity index is 0.000000352. The van der Waals surface area contributed by atoms with Crippen LogP contribution in [0.3, 0.4) is 0 Å². The van der Waals surface area contributed by atoms with Crippen molar-refractivity contribution in [2.24, 2.45) is 7.05 Å². The van der Waals surface area contributed by atoms with Gasteiger partial charge in [0.25, 0.3) is 10.1 Å². The Morgan fingerprint density at radius 2 is 2.00 bits per heavy atom. The highest BCUT2D eigenvalue weighted by Crippen LogP contribution is 2.29. The summed E-state index contributed by atoms with van der Waals surface area (Å²) in [5.41, 5.74) is 7.74. The van der Waals surface area contributed by atoms with Crippen molar-refractivity contribution < 1.29 is 17.4 Å². The number of hydrogen-bond acceptors (Lipinski definition) is 7. The number of hydrogen-bond donors (Lipinski definition) is 2. The minimum absolute atomic E-state index is 0.0790. The lowest BCUT2D eigenvalue weighted by Gasteiger charge is -2.08. The summed E-state index contributed by atoms with van der Waals surface area (Å²) in [6.45, 7) is 1.37. The van der Waals surface area contributed by atoms with Crippen molar-refractivity contribution in [1.82, 2.24) is 14.5 Å². The molecule has 3 aromatic rings. The van der Waals surface area contributed by atoms with Gasteiger partial charge in [0.05, 0.1) is 12.0 Å². The van der Waals surface area contributed by atoms with E-state index in [1.54, 1.807) is 43.9 Å². The van der Waals surface area contributed by atoms with Crippen LogP contribution in [-0.4, -0.2) is 33.3 Å². The Morgan fingerprint density at radius 3 is 2.54 bits per heavy atom. The van der Waals surface area contributed by atoms with Gasteiger partial charge in [0, 0.05) is 36.6 Å². The standard InChI is InChI=1S/C14H12N4O2.C2H6O3S/c1-18-8-9(4-5-12(18)19)10-7-16-14(15)17-13(10)11-3-2-6-20-11;1-2-6(3,4)5/h2-8H,1H3,(H2,15,16,17);2H2,1H3,(H,3,4,5). The molecule has 0 saturated carbocycles. The van der Waals surface area contributed by atoms with Crippen LogP contribution >= 0.6 is 0 Å². The molecule has 0 spiro atoms. The van der Waals surface area contributed by atoms with E-state index in [1.807, 2.05) is 0 Å². The molecular formula is C16H18N4O5S. The SMILES string of the molecule is CCS(=O)(=O)O.Cn1cc(-c2cnc(N)nc2-c2ccco2)ccc1=O. The zero-order valence-corrected chi connectivity index (χ0v) is 15.0. The summed E-state index contributed by atoms with van der Waals surface area (Å²) >= 11 is 0. The summed E-state index contributed by atoms with van der Waals surface area (Å²) in [6.07, 6.45) is 4.92. The van der Waals surface area contributed by atoms with Crippen LogP contribution in [0, 0.1) is 0 Å². The number of nitrogens with two attached hydrogens (primary N) is 1. The molecular weight excluding hydrogens is 360 g/mol. The Labute approximate surface area is 149 Å². The Hall–Kier alpha value is -2.98. The number of anilines is 1. The maximum absolute atomic E-state index is 11.5. The predicted octanol–water partition coefficient (Wildman–Crippen LogP) is 1.58. The quantitative estimate of drug-likeness (QED) is 0.654. The summed E-state index contributed by atoms with van der Waals surface area (Å²) in [6, 6.07) is 6.80. The van der Waals surface area contributed by atoms with Gasteiger partial charge in [-0.3, -0.25) is 9.35 Å². The second-order valence-electron chi connectivity index (χ2n) is 5.21. The highest BCUT2D eigenvalue weighted by Gasteiger charge is 2.13. The van der Waals surface area contributed by atoms with E-state index in [4.69, 9.17) is 14.7 Å². The number of aromatic nitrogens is 3. The van der Waals surface area contributed by atoms with Crippen molar-refractivity contribution in [3.05, 3.63) is 53.3 Å². The average molecular weight is 378 g/mol. The minimum atomic E-state index is -3.66. The Bertz CT molecular complexity index is 1040. The van der Waals surface area contributed by atoms with Gasteiger partial charge in [0.2, 0.25) is 11.5 Å². The molecule has 0 saturated heterocycles. The monoisotopic (exact) mass is 378 g/mol. The molecule has 0 aromatic carbocycles. The first-order valence-electron chi connectivity index (χ1n) is 7.50.